The normalized spacial score (nSPS) is 13.3. The Morgan fingerprint density at radius 2 is 1.61 bits per heavy atom. The maximum Gasteiger partial charge on any atom is 0.328 e. The van der Waals surface area contributed by atoms with E-state index in [-0.39, 0.29) is 0 Å². The van der Waals surface area contributed by atoms with E-state index in [0.717, 1.165) is 13.1 Å². The summed E-state index contributed by atoms with van der Waals surface area (Å²) in [5, 5.41) is 19.0. The van der Waals surface area contributed by atoms with Crippen molar-refractivity contribution in [2.45, 2.75) is 13.0 Å². The van der Waals surface area contributed by atoms with Crippen molar-refractivity contribution >= 4 is 11.9 Å². The van der Waals surface area contributed by atoms with Gasteiger partial charge in [-0.15, -0.1) is 0 Å². The largest absolute Gasteiger partial charge is 0.478 e. The van der Waals surface area contributed by atoms with E-state index < -0.39 is 11.9 Å². The number of benzene rings is 1. The van der Waals surface area contributed by atoms with Crippen LogP contribution in [0.1, 0.15) is 11.1 Å². The highest BCUT2D eigenvalue weighted by Gasteiger charge is 2.05. The Morgan fingerprint density at radius 1 is 1.06 bits per heavy atom. The van der Waals surface area contributed by atoms with Crippen LogP contribution in [0, 0.1) is 0 Å². The van der Waals surface area contributed by atoms with Gasteiger partial charge in [0.1, 0.15) is 0 Å². The molecule has 1 aliphatic rings. The molecule has 1 aliphatic heterocycles. The molecule has 5 heteroatoms. The molecule has 0 fully saturated rings. The molecule has 3 N–H and O–H groups in total. The van der Waals surface area contributed by atoms with Crippen LogP contribution in [0.4, 0.5) is 0 Å². The molecule has 0 spiro atoms. The molecule has 2 rings (SSSR count). The van der Waals surface area contributed by atoms with Gasteiger partial charge in [0.25, 0.3) is 0 Å². The molecule has 96 valence electrons. The molecule has 18 heavy (non-hydrogen) atoms. The fourth-order valence-corrected chi connectivity index (χ4v) is 1.56. The Hall–Kier alpha value is -2.14. The SMILES string of the molecule is O=C(O)C=CC(=O)O.c1ccc2c(c1)CCNC2. The van der Waals surface area contributed by atoms with E-state index in [1.165, 1.54) is 17.5 Å². The highest BCUT2D eigenvalue weighted by atomic mass is 16.4. The zero-order chi connectivity index (χ0) is 13.4. The molecular formula is C13H15NO4. The van der Waals surface area contributed by atoms with Crippen LogP contribution in [0.5, 0.6) is 0 Å². The van der Waals surface area contributed by atoms with Crippen LogP contribution < -0.4 is 5.32 Å². The van der Waals surface area contributed by atoms with Crippen molar-refractivity contribution in [2.75, 3.05) is 6.54 Å². The van der Waals surface area contributed by atoms with Crippen LogP contribution in [-0.2, 0) is 22.6 Å². The lowest BCUT2D eigenvalue weighted by molar-refractivity contribution is -0.134. The molecule has 0 radical (unpaired) electrons. The summed E-state index contributed by atoms with van der Waals surface area (Å²) in [4.78, 5) is 19.1. The minimum Gasteiger partial charge on any atom is -0.478 e. The lowest BCUT2D eigenvalue weighted by Gasteiger charge is -2.15. The van der Waals surface area contributed by atoms with E-state index in [9.17, 15) is 9.59 Å². The topological polar surface area (TPSA) is 86.6 Å². The maximum atomic E-state index is 9.55. The number of aliphatic carboxylic acids is 2. The molecule has 0 aliphatic carbocycles. The summed E-state index contributed by atoms with van der Waals surface area (Å²) >= 11 is 0. The van der Waals surface area contributed by atoms with E-state index in [4.69, 9.17) is 10.2 Å². The van der Waals surface area contributed by atoms with Crippen molar-refractivity contribution in [1.29, 1.82) is 0 Å². The first-order chi connectivity index (χ1) is 8.59. The molecule has 0 bridgehead atoms. The fourth-order valence-electron chi connectivity index (χ4n) is 1.56. The number of hydrogen-bond donors (Lipinski definition) is 3. The highest BCUT2D eigenvalue weighted by molar-refractivity contribution is 5.89. The second kappa shape index (κ2) is 7.24. The number of carbonyl (C=O) groups is 2. The third-order valence-electron chi connectivity index (χ3n) is 2.37. The van der Waals surface area contributed by atoms with Crippen LogP contribution >= 0.6 is 0 Å². The van der Waals surface area contributed by atoms with E-state index in [1.807, 2.05) is 0 Å². The molecule has 1 aromatic rings. The number of nitrogens with one attached hydrogen (secondary N) is 1. The van der Waals surface area contributed by atoms with E-state index in [2.05, 4.69) is 29.6 Å². The van der Waals surface area contributed by atoms with Crippen LogP contribution in [0.25, 0.3) is 0 Å². The molecular weight excluding hydrogens is 234 g/mol. The standard InChI is InChI=1S/C9H11N.C4H4O4/c1-2-4-9-7-10-6-5-8(9)3-1;5-3(6)1-2-4(7)8/h1-4,10H,5-7H2;1-2H,(H,5,6)(H,7,8). The van der Waals surface area contributed by atoms with Gasteiger partial charge < -0.3 is 15.5 Å². The molecule has 0 amide bonds. The minimum absolute atomic E-state index is 0.558. The summed E-state index contributed by atoms with van der Waals surface area (Å²) in [6.45, 7) is 2.19. The first-order valence-electron chi connectivity index (χ1n) is 5.51. The summed E-state index contributed by atoms with van der Waals surface area (Å²) in [5.41, 5.74) is 2.98. The van der Waals surface area contributed by atoms with Crippen molar-refractivity contribution in [3.63, 3.8) is 0 Å². The van der Waals surface area contributed by atoms with E-state index >= 15 is 0 Å². The molecule has 1 heterocycles. The van der Waals surface area contributed by atoms with Gasteiger partial charge in [0.15, 0.2) is 0 Å². The predicted octanol–water partition coefficient (Wildman–Crippen LogP) is 1.04. The smallest absolute Gasteiger partial charge is 0.328 e. The summed E-state index contributed by atoms with van der Waals surface area (Å²) in [6.07, 6.45) is 2.31. The van der Waals surface area contributed by atoms with Crippen molar-refractivity contribution in [1.82, 2.24) is 5.32 Å². The summed E-state index contributed by atoms with van der Waals surface area (Å²) in [5.74, 6) is -2.51. The van der Waals surface area contributed by atoms with Gasteiger partial charge in [-0.2, -0.15) is 0 Å². The Labute approximate surface area is 105 Å². The number of hydrogen-bond acceptors (Lipinski definition) is 3. The van der Waals surface area contributed by atoms with E-state index in [1.54, 1.807) is 0 Å². The predicted molar refractivity (Wildman–Crippen MR) is 66.3 cm³/mol. The number of fused-ring (bicyclic) bond motifs is 1. The Bertz CT molecular complexity index is 413. The first-order valence-corrected chi connectivity index (χ1v) is 5.51. The Kier molecular flexibility index (Phi) is 5.60. The van der Waals surface area contributed by atoms with Crippen molar-refractivity contribution in [3.05, 3.63) is 47.5 Å². The van der Waals surface area contributed by atoms with Gasteiger partial charge in [0.05, 0.1) is 0 Å². The number of carboxylic acids is 2. The summed E-state index contributed by atoms with van der Waals surface area (Å²) in [6, 6.07) is 8.63. The van der Waals surface area contributed by atoms with Crippen molar-refractivity contribution in [3.8, 4) is 0 Å². The zero-order valence-electron chi connectivity index (χ0n) is 9.80. The average molecular weight is 249 g/mol. The molecule has 1 aromatic carbocycles. The van der Waals surface area contributed by atoms with Gasteiger partial charge in [-0.25, -0.2) is 9.59 Å². The van der Waals surface area contributed by atoms with Crippen LogP contribution in [-0.4, -0.2) is 28.7 Å². The zero-order valence-corrected chi connectivity index (χ0v) is 9.80. The second-order valence-electron chi connectivity index (χ2n) is 3.71. The monoisotopic (exact) mass is 249 g/mol. The van der Waals surface area contributed by atoms with Crippen LogP contribution in [0.2, 0.25) is 0 Å². The Morgan fingerprint density at radius 3 is 2.11 bits per heavy atom. The molecule has 0 atom stereocenters. The highest BCUT2D eigenvalue weighted by Crippen LogP contribution is 2.11. The quantitative estimate of drug-likeness (QED) is 0.682. The minimum atomic E-state index is -1.26. The summed E-state index contributed by atoms with van der Waals surface area (Å²) < 4.78 is 0. The Balaban J connectivity index is 0.000000187. The molecule has 0 unspecified atom stereocenters. The van der Waals surface area contributed by atoms with Crippen molar-refractivity contribution < 1.29 is 19.8 Å². The molecule has 0 saturated heterocycles. The number of carboxylic acid groups (broad SMARTS) is 2. The second-order valence-corrected chi connectivity index (χ2v) is 3.71. The molecule has 0 aromatic heterocycles. The van der Waals surface area contributed by atoms with Gasteiger partial charge >= 0.3 is 11.9 Å². The van der Waals surface area contributed by atoms with Crippen LogP contribution in [0.15, 0.2) is 36.4 Å². The van der Waals surface area contributed by atoms with Crippen LogP contribution in [0.3, 0.4) is 0 Å². The van der Waals surface area contributed by atoms with Gasteiger partial charge in [0, 0.05) is 18.7 Å². The molecule has 0 saturated carbocycles. The average Bonchev–Trinajstić information content (AvgIpc) is 2.37. The van der Waals surface area contributed by atoms with Gasteiger partial charge in [0.2, 0.25) is 0 Å². The maximum absolute atomic E-state index is 9.55. The first kappa shape index (κ1) is 13.9. The van der Waals surface area contributed by atoms with Gasteiger partial charge in [-0.1, -0.05) is 24.3 Å². The van der Waals surface area contributed by atoms with Gasteiger partial charge in [-0.05, 0) is 24.1 Å². The lowest BCUT2D eigenvalue weighted by atomic mass is 10.0. The lowest BCUT2D eigenvalue weighted by Crippen LogP contribution is -2.23. The number of rotatable bonds is 2. The van der Waals surface area contributed by atoms with Crippen molar-refractivity contribution in [2.24, 2.45) is 0 Å². The third-order valence-corrected chi connectivity index (χ3v) is 2.37. The fraction of sp³-hybridized carbons (Fsp3) is 0.231. The third kappa shape index (κ3) is 5.27. The molecule has 5 nitrogen and oxygen atoms in total. The summed E-state index contributed by atoms with van der Waals surface area (Å²) in [7, 11) is 0. The van der Waals surface area contributed by atoms with E-state index in [0.29, 0.717) is 12.2 Å². The van der Waals surface area contributed by atoms with Gasteiger partial charge in [-0.3, -0.25) is 0 Å².